The topological polar surface area (TPSA) is 72.7 Å². The molecule has 0 aromatic heterocycles. The van der Waals surface area contributed by atoms with Gasteiger partial charge in [0.05, 0.1) is 25.4 Å². The number of halogens is 2. The molecule has 0 fully saturated rings. The molecule has 4 nitrogen and oxygen atoms in total. The van der Waals surface area contributed by atoms with E-state index >= 15 is 0 Å². The molecular weight excluding hydrogens is 244 g/mol. The van der Waals surface area contributed by atoms with E-state index in [1.54, 1.807) is 6.07 Å². The molecule has 18 heavy (non-hydrogen) atoms. The first-order valence-corrected chi connectivity index (χ1v) is 5.51. The second kappa shape index (κ2) is 6.75. The highest BCUT2D eigenvalue weighted by Crippen LogP contribution is 2.19. The van der Waals surface area contributed by atoms with Gasteiger partial charge < -0.3 is 20.6 Å². The summed E-state index contributed by atoms with van der Waals surface area (Å²) in [4.78, 5) is 0. The molecule has 0 spiro atoms. The van der Waals surface area contributed by atoms with Crippen LogP contribution in [0.4, 0.5) is 8.78 Å². The molecule has 0 amide bonds. The Morgan fingerprint density at radius 2 is 1.72 bits per heavy atom. The fourth-order valence-corrected chi connectivity index (χ4v) is 1.45. The van der Waals surface area contributed by atoms with Crippen molar-refractivity contribution >= 4 is 0 Å². The lowest BCUT2D eigenvalue weighted by Gasteiger charge is -2.28. The van der Waals surface area contributed by atoms with E-state index in [1.807, 2.05) is 0 Å². The van der Waals surface area contributed by atoms with E-state index in [2.05, 4.69) is 5.32 Å². The Morgan fingerprint density at radius 3 is 2.22 bits per heavy atom. The van der Waals surface area contributed by atoms with Crippen LogP contribution in [0.1, 0.15) is 17.6 Å². The molecule has 0 saturated carbocycles. The maximum absolute atomic E-state index is 12.5. The standard InChI is InChI=1S/C12H17F2NO3/c13-11(14)10-3-1-2-9(4-10)5-15-12(6-16,7-17)8-18/h1-4,11,15-18H,5-8H2. The van der Waals surface area contributed by atoms with Crippen molar-refractivity contribution in [3.63, 3.8) is 0 Å². The van der Waals surface area contributed by atoms with Gasteiger partial charge in [0, 0.05) is 12.1 Å². The fourth-order valence-electron chi connectivity index (χ4n) is 1.45. The zero-order chi connectivity index (χ0) is 13.6. The first kappa shape index (κ1) is 15.0. The minimum atomic E-state index is -2.54. The third kappa shape index (κ3) is 3.71. The van der Waals surface area contributed by atoms with Gasteiger partial charge in [0.1, 0.15) is 0 Å². The molecule has 1 aromatic rings. The van der Waals surface area contributed by atoms with Gasteiger partial charge in [-0.2, -0.15) is 0 Å². The number of nitrogens with one attached hydrogen (secondary N) is 1. The summed E-state index contributed by atoms with van der Waals surface area (Å²) in [6, 6.07) is 5.83. The van der Waals surface area contributed by atoms with Crippen molar-refractivity contribution in [1.82, 2.24) is 5.32 Å². The molecule has 0 aliphatic heterocycles. The van der Waals surface area contributed by atoms with Crippen LogP contribution in [0.25, 0.3) is 0 Å². The molecule has 0 radical (unpaired) electrons. The highest BCUT2D eigenvalue weighted by molar-refractivity contribution is 5.24. The Hall–Kier alpha value is -1.08. The van der Waals surface area contributed by atoms with Crippen LogP contribution in [-0.2, 0) is 6.54 Å². The van der Waals surface area contributed by atoms with E-state index in [0.717, 1.165) is 0 Å². The van der Waals surface area contributed by atoms with Crippen LogP contribution in [0.3, 0.4) is 0 Å². The summed E-state index contributed by atoms with van der Waals surface area (Å²) in [5.41, 5.74) is -0.703. The zero-order valence-electron chi connectivity index (χ0n) is 9.81. The largest absolute Gasteiger partial charge is 0.394 e. The summed E-state index contributed by atoms with van der Waals surface area (Å²) in [6.07, 6.45) is -2.54. The minimum absolute atomic E-state index is 0.0862. The van der Waals surface area contributed by atoms with E-state index in [-0.39, 0.29) is 12.1 Å². The van der Waals surface area contributed by atoms with Crippen LogP contribution < -0.4 is 5.32 Å². The fraction of sp³-hybridized carbons (Fsp3) is 0.500. The Morgan fingerprint density at radius 1 is 1.11 bits per heavy atom. The number of hydrogen-bond acceptors (Lipinski definition) is 4. The lowest BCUT2D eigenvalue weighted by atomic mass is 10.0. The van der Waals surface area contributed by atoms with E-state index in [0.29, 0.717) is 5.56 Å². The number of benzene rings is 1. The van der Waals surface area contributed by atoms with Crippen LogP contribution >= 0.6 is 0 Å². The molecule has 1 aromatic carbocycles. The van der Waals surface area contributed by atoms with Gasteiger partial charge in [-0.15, -0.1) is 0 Å². The minimum Gasteiger partial charge on any atom is -0.394 e. The SMILES string of the molecule is OCC(CO)(CO)NCc1cccc(C(F)F)c1. The van der Waals surface area contributed by atoms with Crippen molar-refractivity contribution in [3.05, 3.63) is 35.4 Å². The maximum Gasteiger partial charge on any atom is 0.263 e. The number of aliphatic hydroxyl groups excluding tert-OH is 3. The Kier molecular flexibility index (Phi) is 5.61. The van der Waals surface area contributed by atoms with Crippen molar-refractivity contribution in [2.75, 3.05) is 19.8 Å². The maximum atomic E-state index is 12.5. The van der Waals surface area contributed by atoms with Crippen molar-refractivity contribution in [2.24, 2.45) is 0 Å². The highest BCUT2D eigenvalue weighted by atomic mass is 19.3. The monoisotopic (exact) mass is 261 g/mol. The first-order chi connectivity index (χ1) is 8.56. The van der Waals surface area contributed by atoms with Gasteiger partial charge in [-0.3, -0.25) is 0 Å². The van der Waals surface area contributed by atoms with Crippen LogP contribution in [0, 0.1) is 0 Å². The summed E-state index contributed by atoms with van der Waals surface area (Å²) in [5.74, 6) is 0. The highest BCUT2D eigenvalue weighted by Gasteiger charge is 2.27. The van der Waals surface area contributed by atoms with Crippen molar-refractivity contribution < 1.29 is 24.1 Å². The first-order valence-electron chi connectivity index (χ1n) is 5.51. The lowest BCUT2D eigenvalue weighted by Crippen LogP contribution is -2.54. The number of hydrogen-bond donors (Lipinski definition) is 4. The zero-order valence-corrected chi connectivity index (χ0v) is 9.81. The van der Waals surface area contributed by atoms with Crippen molar-refractivity contribution in [1.29, 1.82) is 0 Å². The summed E-state index contributed by atoms with van der Waals surface area (Å²) in [5, 5.41) is 30.1. The molecule has 0 saturated heterocycles. The average molecular weight is 261 g/mol. The van der Waals surface area contributed by atoms with Crippen LogP contribution in [0.5, 0.6) is 0 Å². The average Bonchev–Trinajstić information content (AvgIpc) is 2.41. The number of rotatable bonds is 7. The smallest absolute Gasteiger partial charge is 0.263 e. The Bertz CT molecular complexity index is 362. The molecule has 102 valence electrons. The molecule has 4 N–H and O–H groups in total. The molecular formula is C12H17F2NO3. The van der Waals surface area contributed by atoms with Gasteiger partial charge in [-0.1, -0.05) is 18.2 Å². The third-order valence-corrected chi connectivity index (χ3v) is 2.78. The molecule has 6 heteroatoms. The van der Waals surface area contributed by atoms with Gasteiger partial charge >= 0.3 is 0 Å². The summed E-state index contributed by atoms with van der Waals surface area (Å²) < 4.78 is 25.0. The van der Waals surface area contributed by atoms with Crippen LogP contribution in [0.2, 0.25) is 0 Å². The molecule has 0 atom stereocenters. The van der Waals surface area contributed by atoms with E-state index < -0.39 is 31.8 Å². The molecule has 0 aliphatic rings. The normalized spacial score (nSPS) is 12.1. The second-order valence-corrected chi connectivity index (χ2v) is 4.15. The van der Waals surface area contributed by atoms with Crippen molar-refractivity contribution in [3.8, 4) is 0 Å². The quantitative estimate of drug-likeness (QED) is 0.574. The van der Waals surface area contributed by atoms with Crippen molar-refractivity contribution in [2.45, 2.75) is 18.5 Å². The third-order valence-electron chi connectivity index (χ3n) is 2.78. The molecule has 0 bridgehead atoms. The Balaban J connectivity index is 2.70. The van der Waals surface area contributed by atoms with Gasteiger partial charge in [-0.25, -0.2) is 8.78 Å². The lowest BCUT2D eigenvalue weighted by molar-refractivity contribution is 0.0413. The van der Waals surface area contributed by atoms with E-state index in [9.17, 15) is 8.78 Å². The summed E-state index contributed by atoms with van der Waals surface area (Å²) in [7, 11) is 0. The molecule has 1 rings (SSSR count). The molecule has 0 unspecified atom stereocenters. The van der Waals surface area contributed by atoms with Crippen LogP contribution in [0.15, 0.2) is 24.3 Å². The second-order valence-electron chi connectivity index (χ2n) is 4.15. The number of alkyl halides is 2. The number of aliphatic hydroxyl groups is 3. The van der Waals surface area contributed by atoms with Gasteiger partial charge in [0.2, 0.25) is 0 Å². The summed E-state index contributed by atoms with van der Waals surface area (Å²) >= 11 is 0. The molecule has 0 heterocycles. The Labute approximate surface area is 104 Å². The van der Waals surface area contributed by atoms with Crippen LogP contribution in [-0.4, -0.2) is 40.7 Å². The predicted octanol–water partition coefficient (Wildman–Crippen LogP) is 0.429. The summed E-state index contributed by atoms with van der Waals surface area (Å²) in [6.45, 7) is -1.18. The van der Waals surface area contributed by atoms with Gasteiger partial charge in [0.25, 0.3) is 6.43 Å². The van der Waals surface area contributed by atoms with E-state index in [4.69, 9.17) is 15.3 Å². The predicted molar refractivity (Wildman–Crippen MR) is 62.2 cm³/mol. The molecule has 0 aliphatic carbocycles. The van der Waals surface area contributed by atoms with E-state index in [1.165, 1.54) is 18.2 Å². The van der Waals surface area contributed by atoms with Gasteiger partial charge in [-0.05, 0) is 11.6 Å². The van der Waals surface area contributed by atoms with Gasteiger partial charge in [0.15, 0.2) is 0 Å².